The van der Waals surface area contributed by atoms with Gasteiger partial charge in [0.15, 0.2) is 0 Å². The van der Waals surface area contributed by atoms with Crippen molar-refractivity contribution in [2.24, 2.45) is 11.8 Å². The fourth-order valence-electron chi connectivity index (χ4n) is 3.29. The van der Waals surface area contributed by atoms with Crippen molar-refractivity contribution >= 4 is 5.97 Å². The van der Waals surface area contributed by atoms with Gasteiger partial charge in [0.05, 0.1) is 5.92 Å². The Hall–Kier alpha value is -1.38. The topological polar surface area (TPSA) is 50.2 Å². The minimum Gasteiger partial charge on any atom is -0.481 e. The van der Waals surface area contributed by atoms with Crippen LogP contribution in [0.3, 0.4) is 0 Å². The van der Waals surface area contributed by atoms with Crippen molar-refractivity contribution in [3.05, 3.63) is 29.6 Å². The smallest absolute Gasteiger partial charge is 0.307 e. The first-order chi connectivity index (χ1) is 9.11. The van der Waals surface area contributed by atoms with Crippen LogP contribution in [0.1, 0.15) is 56.2 Å². The molecule has 3 nitrogen and oxygen atoms in total. The van der Waals surface area contributed by atoms with E-state index in [0.717, 1.165) is 30.5 Å². The van der Waals surface area contributed by atoms with Crippen LogP contribution >= 0.6 is 0 Å². The van der Waals surface area contributed by atoms with Gasteiger partial charge in [-0.3, -0.25) is 9.78 Å². The van der Waals surface area contributed by atoms with Gasteiger partial charge in [0.1, 0.15) is 0 Å². The molecule has 0 amide bonds. The molecular weight excluding hydrogens is 238 g/mol. The number of rotatable bonds is 4. The number of aliphatic carboxylic acids is 1. The van der Waals surface area contributed by atoms with Gasteiger partial charge in [-0.15, -0.1) is 0 Å². The van der Waals surface area contributed by atoms with Gasteiger partial charge in [-0.1, -0.05) is 25.8 Å². The average molecular weight is 261 g/mol. The van der Waals surface area contributed by atoms with Crippen LogP contribution in [0.5, 0.6) is 0 Å². The third kappa shape index (κ3) is 3.34. The lowest BCUT2D eigenvalue weighted by atomic mass is 9.70. The van der Waals surface area contributed by atoms with Gasteiger partial charge in [-0.25, -0.2) is 0 Å². The maximum Gasteiger partial charge on any atom is 0.307 e. The number of carboxylic acid groups (broad SMARTS) is 1. The molecule has 0 radical (unpaired) electrons. The van der Waals surface area contributed by atoms with Crippen molar-refractivity contribution < 1.29 is 9.90 Å². The third-order valence-electron chi connectivity index (χ3n) is 4.34. The number of nitrogens with zero attached hydrogens (tertiary/aromatic N) is 1. The lowest BCUT2D eigenvalue weighted by molar-refractivity contribution is -0.143. The van der Waals surface area contributed by atoms with E-state index in [0.29, 0.717) is 5.92 Å². The molecular formula is C16H23NO2. The molecule has 1 fully saturated rings. The number of aryl methyl sites for hydroxylation is 1. The van der Waals surface area contributed by atoms with Gasteiger partial charge in [-0.05, 0) is 49.7 Å². The molecule has 0 bridgehead atoms. The Morgan fingerprint density at radius 3 is 2.79 bits per heavy atom. The second-order valence-electron chi connectivity index (χ2n) is 5.75. The second-order valence-corrected chi connectivity index (χ2v) is 5.75. The van der Waals surface area contributed by atoms with Gasteiger partial charge in [0.2, 0.25) is 0 Å². The van der Waals surface area contributed by atoms with Crippen LogP contribution < -0.4 is 0 Å². The highest BCUT2D eigenvalue weighted by Gasteiger charge is 2.35. The lowest BCUT2D eigenvalue weighted by Gasteiger charge is -2.34. The van der Waals surface area contributed by atoms with E-state index in [2.05, 4.69) is 18.0 Å². The third-order valence-corrected chi connectivity index (χ3v) is 4.34. The first kappa shape index (κ1) is 14.0. The summed E-state index contributed by atoms with van der Waals surface area (Å²) in [5, 5.41) is 9.42. The highest BCUT2D eigenvalue weighted by Crippen LogP contribution is 2.42. The summed E-state index contributed by atoms with van der Waals surface area (Å²) >= 11 is 0. The highest BCUT2D eigenvalue weighted by molar-refractivity contribution is 5.71. The number of aromatic nitrogens is 1. The Bertz CT molecular complexity index is 427. The van der Waals surface area contributed by atoms with Crippen molar-refractivity contribution in [3.63, 3.8) is 0 Å². The Balaban J connectivity index is 2.19. The summed E-state index contributed by atoms with van der Waals surface area (Å²) in [6.45, 7) is 4.16. The number of carboxylic acids is 1. The molecule has 1 aliphatic carbocycles. The van der Waals surface area contributed by atoms with E-state index in [-0.39, 0.29) is 11.8 Å². The molecule has 0 aromatic carbocycles. The molecule has 1 aromatic rings. The van der Waals surface area contributed by atoms with Crippen molar-refractivity contribution in [1.29, 1.82) is 0 Å². The van der Waals surface area contributed by atoms with Gasteiger partial charge >= 0.3 is 5.97 Å². The van der Waals surface area contributed by atoms with E-state index in [1.807, 2.05) is 19.2 Å². The van der Waals surface area contributed by atoms with Crippen LogP contribution in [0.25, 0.3) is 0 Å². The minimum absolute atomic E-state index is 0.135. The maximum absolute atomic E-state index is 11.4. The number of hydrogen-bond acceptors (Lipinski definition) is 2. The van der Waals surface area contributed by atoms with Crippen LogP contribution in [0.2, 0.25) is 0 Å². The Morgan fingerprint density at radius 1 is 1.42 bits per heavy atom. The van der Waals surface area contributed by atoms with Crippen LogP contribution in [0.15, 0.2) is 18.3 Å². The molecule has 1 N–H and O–H groups in total. The van der Waals surface area contributed by atoms with E-state index in [9.17, 15) is 9.90 Å². The molecule has 1 saturated carbocycles. The van der Waals surface area contributed by atoms with Crippen LogP contribution in [0.4, 0.5) is 0 Å². The molecule has 2 rings (SSSR count). The van der Waals surface area contributed by atoms with Crippen molar-refractivity contribution in [3.8, 4) is 0 Å². The largest absolute Gasteiger partial charge is 0.481 e. The van der Waals surface area contributed by atoms with E-state index < -0.39 is 5.97 Å². The zero-order valence-electron chi connectivity index (χ0n) is 11.8. The van der Waals surface area contributed by atoms with Crippen molar-refractivity contribution in [2.45, 2.75) is 51.9 Å². The Kier molecular flexibility index (Phi) is 4.56. The number of pyridine rings is 1. The molecule has 3 atom stereocenters. The van der Waals surface area contributed by atoms with Crippen molar-refractivity contribution in [1.82, 2.24) is 4.98 Å². The molecule has 0 saturated heterocycles. The van der Waals surface area contributed by atoms with E-state index in [4.69, 9.17) is 0 Å². The average Bonchev–Trinajstić information content (AvgIpc) is 2.39. The quantitative estimate of drug-likeness (QED) is 0.897. The summed E-state index contributed by atoms with van der Waals surface area (Å²) in [5.74, 6) is -0.0825. The molecule has 104 valence electrons. The molecule has 1 heterocycles. The summed E-state index contributed by atoms with van der Waals surface area (Å²) in [5.41, 5.74) is 2.08. The molecule has 0 spiro atoms. The van der Waals surface area contributed by atoms with Gasteiger partial charge < -0.3 is 5.11 Å². The zero-order valence-corrected chi connectivity index (χ0v) is 11.8. The number of carbonyl (C=O) groups is 1. The summed E-state index contributed by atoms with van der Waals surface area (Å²) in [4.78, 5) is 15.8. The summed E-state index contributed by atoms with van der Waals surface area (Å²) in [6.07, 6.45) is 7.11. The summed E-state index contributed by atoms with van der Waals surface area (Å²) in [7, 11) is 0. The monoisotopic (exact) mass is 261 g/mol. The van der Waals surface area contributed by atoms with E-state index in [1.165, 1.54) is 12.8 Å². The minimum atomic E-state index is -0.652. The molecule has 3 unspecified atom stereocenters. The first-order valence-electron chi connectivity index (χ1n) is 7.27. The predicted octanol–water partition coefficient (Wildman–Crippen LogP) is 3.77. The Morgan fingerprint density at radius 2 is 2.21 bits per heavy atom. The van der Waals surface area contributed by atoms with Crippen LogP contribution in [-0.4, -0.2) is 16.1 Å². The van der Waals surface area contributed by atoms with E-state index >= 15 is 0 Å². The van der Waals surface area contributed by atoms with Gasteiger partial charge in [0.25, 0.3) is 0 Å². The van der Waals surface area contributed by atoms with Gasteiger partial charge in [-0.2, -0.15) is 0 Å². The van der Waals surface area contributed by atoms with E-state index in [1.54, 1.807) is 0 Å². The van der Waals surface area contributed by atoms with Gasteiger partial charge in [0, 0.05) is 11.9 Å². The molecule has 1 aliphatic rings. The van der Waals surface area contributed by atoms with Crippen LogP contribution in [0, 0.1) is 18.8 Å². The predicted molar refractivity (Wildman–Crippen MR) is 75.1 cm³/mol. The van der Waals surface area contributed by atoms with Crippen molar-refractivity contribution in [2.75, 3.05) is 0 Å². The van der Waals surface area contributed by atoms with Crippen LogP contribution in [-0.2, 0) is 4.79 Å². The molecule has 1 aromatic heterocycles. The summed E-state index contributed by atoms with van der Waals surface area (Å²) < 4.78 is 0. The zero-order chi connectivity index (χ0) is 13.8. The fourth-order valence-corrected chi connectivity index (χ4v) is 3.29. The second kappa shape index (κ2) is 6.18. The lowest BCUT2D eigenvalue weighted by Crippen LogP contribution is -2.29. The molecule has 19 heavy (non-hydrogen) atoms. The highest BCUT2D eigenvalue weighted by atomic mass is 16.4. The summed E-state index contributed by atoms with van der Waals surface area (Å²) in [6, 6.07) is 4.04. The number of hydrogen-bond donors (Lipinski definition) is 1. The maximum atomic E-state index is 11.4. The standard InChI is InChI=1S/C16H23NO2/c1-3-4-12-6-8-14(16(18)19)15(9-12)13-7-5-11(2)17-10-13/h5,7,10,12,14-15H,3-4,6,8-9H2,1-2H3,(H,18,19). The molecule has 3 heteroatoms. The first-order valence-corrected chi connectivity index (χ1v) is 7.27. The normalized spacial score (nSPS) is 27.2. The SMILES string of the molecule is CCCC1CCC(C(=O)O)C(c2ccc(C)nc2)C1. The Labute approximate surface area is 115 Å². The molecule has 0 aliphatic heterocycles. The fraction of sp³-hybridized carbons (Fsp3) is 0.625.